The summed E-state index contributed by atoms with van der Waals surface area (Å²) < 4.78 is 10.7. The number of para-hydroxylation sites is 2. The van der Waals surface area contributed by atoms with Gasteiger partial charge in [-0.2, -0.15) is 0 Å². The second kappa shape index (κ2) is 4.25. The van der Waals surface area contributed by atoms with Gasteiger partial charge in [0.25, 0.3) is 5.91 Å². The van der Waals surface area contributed by atoms with Crippen LogP contribution in [-0.2, 0) is 9.53 Å². The molecule has 0 bridgehead atoms. The maximum atomic E-state index is 11.9. The lowest BCUT2D eigenvalue weighted by Gasteiger charge is -2.31. The van der Waals surface area contributed by atoms with Crippen molar-refractivity contribution in [2.45, 2.75) is 12.1 Å². The van der Waals surface area contributed by atoms with Gasteiger partial charge in [-0.05, 0) is 12.1 Å². The van der Waals surface area contributed by atoms with E-state index in [2.05, 4.69) is 10.6 Å². The first kappa shape index (κ1) is 10.4. The van der Waals surface area contributed by atoms with E-state index < -0.39 is 6.10 Å². The van der Waals surface area contributed by atoms with Crippen LogP contribution in [0.4, 0.5) is 5.69 Å². The van der Waals surface area contributed by atoms with E-state index in [1.165, 1.54) is 0 Å². The van der Waals surface area contributed by atoms with Gasteiger partial charge >= 0.3 is 0 Å². The Bertz CT molecular complexity index is 432. The SMILES string of the molecule is O=C(NC1COC1)C1CNc2ccccc2O1. The first-order valence-electron chi connectivity index (χ1n) is 5.70. The molecule has 1 atom stereocenters. The van der Waals surface area contributed by atoms with Crippen LogP contribution in [0.2, 0.25) is 0 Å². The van der Waals surface area contributed by atoms with Crippen LogP contribution in [0.3, 0.4) is 0 Å². The van der Waals surface area contributed by atoms with Crippen molar-refractivity contribution in [2.75, 3.05) is 25.1 Å². The van der Waals surface area contributed by atoms with E-state index >= 15 is 0 Å². The average Bonchev–Trinajstić information content (AvgIpc) is 2.33. The van der Waals surface area contributed by atoms with Gasteiger partial charge in [-0.1, -0.05) is 12.1 Å². The molecule has 2 aliphatic rings. The molecule has 2 N–H and O–H groups in total. The number of anilines is 1. The Labute approximate surface area is 99.1 Å². The summed E-state index contributed by atoms with van der Waals surface area (Å²) in [4.78, 5) is 11.9. The number of ether oxygens (including phenoxy) is 2. The monoisotopic (exact) mass is 234 g/mol. The van der Waals surface area contributed by atoms with Gasteiger partial charge in [-0.3, -0.25) is 4.79 Å². The van der Waals surface area contributed by atoms with Gasteiger partial charge in [-0.15, -0.1) is 0 Å². The Balaban J connectivity index is 1.64. The molecule has 1 aromatic carbocycles. The molecule has 1 amide bonds. The number of carbonyl (C=O) groups is 1. The smallest absolute Gasteiger partial charge is 0.263 e. The highest BCUT2D eigenvalue weighted by Crippen LogP contribution is 2.28. The maximum absolute atomic E-state index is 11.9. The number of hydrogen-bond acceptors (Lipinski definition) is 4. The molecule has 5 nitrogen and oxygen atoms in total. The third-order valence-corrected chi connectivity index (χ3v) is 2.91. The zero-order valence-corrected chi connectivity index (χ0v) is 9.31. The highest BCUT2D eigenvalue weighted by Gasteiger charge is 2.29. The Hall–Kier alpha value is -1.75. The molecule has 0 radical (unpaired) electrons. The summed E-state index contributed by atoms with van der Waals surface area (Å²) in [5, 5.41) is 6.07. The first-order valence-corrected chi connectivity index (χ1v) is 5.70. The molecule has 5 heteroatoms. The van der Waals surface area contributed by atoms with Gasteiger partial charge in [-0.25, -0.2) is 0 Å². The standard InChI is InChI=1S/C12H14N2O3/c15-12(14-8-6-16-7-8)11-5-13-9-3-1-2-4-10(9)17-11/h1-4,8,11,13H,5-7H2,(H,14,15). The Morgan fingerprint density at radius 2 is 2.18 bits per heavy atom. The fourth-order valence-corrected chi connectivity index (χ4v) is 1.87. The normalized spacial score (nSPS) is 22.7. The Kier molecular flexibility index (Phi) is 2.60. The third kappa shape index (κ3) is 2.06. The number of hydrogen-bond donors (Lipinski definition) is 2. The summed E-state index contributed by atoms with van der Waals surface area (Å²) in [5.41, 5.74) is 0.934. The molecule has 2 heterocycles. The number of nitrogens with one attached hydrogen (secondary N) is 2. The van der Waals surface area contributed by atoms with Gasteiger partial charge in [0.05, 0.1) is 31.5 Å². The van der Waals surface area contributed by atoms with Crippen molar-refractivity contribution in [3.05, 3.63) is 24.3 Å². The largest absolute Gasteiger partial charge is 0.477 e. The molecule has 3 rings (SSSR count). The fraction of sp³-hybridized carbons (Fsp3) is 0.417. The van der Waals surface area contributed by atoms with Gasteiger partial charge in [0.2, 0.25) is 0 Å². The van der Waals surface area contributed by atoms with Crippen LogP contribution in [-0.4, -0.2) is 37.8 Å². The lowest BCUT2D eigenvalue weighted by atomic mass is 10.2. The second-order valence-electron chi connectivity index (χ2n) is 4.23. The summed E-state index contributed by atoms with van der Waals surface area (Å²) in [5.74, 6) is 0.643. The van der Waals surface area contributed by atoms with Crippen LogP contribution in [0.1, 0.15) is 0 Å². The predicted molar refractivity (Wildman–Crippen MR) is 62.1 cm³/mol. The van der Waals surface area contributed by atoms with Crippen molar-refractivity contribution < 1.29 is 14.3 Å². The van der Waals surface area contributed by atoms with Crippen LogP contribution >= 0.6 is 0 Å². The van der Waals surface area contributed by atoms with Crippen LogP contribution in [0, 0.1) is 0 Å². The van der Waals surface area contributed by atoms with Crippen molar-refractivity contribution in [1.29, 1.82) is 0 Å². The predicted octanol–water partition coefficient (Wildman–Crippen LogP) is 0.374. The molecule has 0 aliphatic carbocycles. The molecule has 1 unspecified atom stereocenters. The van der Waals surface area contributed by atoms with Crippen molar-refractivity contribution in [1.82, 2.24) is 5.32 Å². The summed E-state index contributed by atoms with van der Waals surface area (Å²) >= 11 is 0. The first-order chi connectivity index (χ1) is 8.33. The molecule has 0 aromatic heterocycles. The molecular formula is C12H14N2O3. The molecule has 17 heavy (non-hydrogen) atoms. The zero-order chi connectivity index (χ0) is 11.7. The van der Waals surface area contributed by atoms with Gasteiger partial charge in [0, 0.05) is 0 Å². The molecule has 1 saturated heterocycles. The highest BCUT2D eigenvalue weighted by molar-refractivity contribution is 5.83. The zero-order valence-electron chi connectivity index (χ0n) is 9.31. The molecule has 0 saturated carbocycles. The number of fused-ring (bicyclic) bond motifs is 1. The highest BCUT2D eigenvalue weighted by atomic mass is 16.5. The summed E-state index contributed by atoms with van der Waals surface area (Å²) in [7, 11) is 0. The van der Waals surface area contributed by atoms with Crippen LogP contribution in [0.5, 0.6) is 5.75 Å². The van der Waals surface area contributed by atoms with E-state index in [0.717, 1.165) is 11.4 Å². The summed E-state index contributed by atoms with van der Waals surface area (Å²) in [6, 6.07) is 7.75. The molecule has 0 spiro atoms. The van der Waals surface area contributed by atoms with Gasteiger partial charge in [0.1, 0.15) is 5.75 Å². The second-order valence-corrected chi connectivity index (χ2v) is 4.23. The van der Waals surface area contributed by atoms with Gasteiger partial charge in [0.15, 0.2) is 6.10 Å². The summed E-state index contributed by atoms with van der Waals surface area (Å²) in [6.07, 6.45) is -0.467. The minimum Gasteiger partial charge on any atom is -0.477 e. The van der Waals surface area contributed by atoms with E-state index in [4.69, 9.17) is 9.47 Å². The summed E-state index contributed by atoms with van der Waals surface area (Å²) in [6.45, 7) is 1.70. The molecule has 2 aliphatic heterocycles. The number of carbonyl (C=O) groups excluding carboxylic acids is 1. The molecular weight excluding hydrogens is 220 g/mol. The Morgan fingerprint density at radius 3 is 2.94 bits per heavy atom. The number of benzene rings is 1. The van der Waals surface area contributed by atoms with Gasteiger partial charge < -0.3 is 20.1 Å². The third-order valence-electron chi connectivity index (χ3n) is 2.91. The van der Waals surface area contributed by atoms with Crippen molar-refractivity contribution in [3.8, 4) is 5.75 Å². The quantitative estimate of drug-likeness (QED) is 0.776. The van der Waals surface area contributed by atoms with Crippen LogP contribution < -0.4 is 15.4 Å². The fourth-order valence-electron chi connectivity index (χ4n) is 1.87. The molecule has 1 fully saturated rings. The van der Waals surface area contributed by atoms with Crippen LogP contribution in [0.25, 0.3) is 0 Å². The van der Waals surface area contributed by atoms with E-state index in [0.29, 0.717) is 19.8 Å². The number of rotatable bonds is 2. The van der Waals surface area contributed by atoms with Crippen LogP contribution in [0.15, 0.2) is 24.3 Å². The molecule has 90 valence electrons. The Morgan fingerprint density at radius 1 is 1.35 bits per heavy atom. The lowest BCUT2D eigenvalue weighted by Crippen LogP contribution is -2.54. The van der Waals surface area contributed by atoms with E-state index in [1.54, 1.807) is 0 Å². The van der Waals surface area contributed by atoms with Crippen molar-refractivity contribution >= 4 is 11.6 Å². The topological polar surface area (TPSA) is 59.6 Å². The lowest BCUT2D eigenvalue weighted by molar-refractivity contribution is -0.131. The minimum atomic E-state index is -0.467. The molecule has 1 aromatic rings. The average molecular weight is 234 g/mol. The number of amides is 1. The van der Waals surface area contributed by atoms with E-state index in [1.807, 2.05) is 24.3 Å². The van der Waals surface area contributed by atoms with Crippen molar-refractivity contribution in [2.24, 2.45) is 0 Å². The van der Waals surface area contributed by atoms with E-state index in [-0.39, 0.29) is 11.9 Å². The maximum Gasteiger partial charge on any atom is 0.263 e. The minimum absolute atomic E-state index is 0.0831. The van der Waals surface area contributed by atoms with E-state index in [9.17, 15) is 4.79 Å². The van der Waals surface area contributed by atoms with Crippen molar-refractivity contribution in [3.63, 3.8) is 0 Å².